The summed E-state index contributed by atoms with van der Waals surface area (Å²) in [4.78, 5) is 19.3. The summed E-state index contributed by atoms with van der Waals surface area (Å²) in [6.07, 6.45) is 5.33. The number of amides is 2. The van der Waals surface area contributed by atoms with Crippen molar-refractivity contribution in [1.82, 2.24) is 19.7 Å². The van der Waals surface area contributed by atoms with Gasteiger partial charge >= 0.3 is 6.03 Å². The highest BCUT2D eigenvalue weighted by Gasteiger charge is 2.19. The fraction of sp³-hybridized carbons (Fsp3) is 0.276. The van der Waals surface area contributed by atoms with Gasteiger partial charge in [-0.3, -0.25) is 9.40 Å². The largest absolute Gasteiger partial charge is 0.457 e. The molecule has 12 heteroatoms. The molecule has 41 heavy (non-hydrogen) atoms. The van der Waals surface area contributed by atoms with Crippen molar-refractivity contribution >= 4 is 33.2 Å². The highest BCUT2D eigenvalue weighted by Crippen LogP contribution is 2.31. The molecule has 2 aromatic heterocycles. The number of nitrogens with zero attached hydrogens (tertiary/aromatic N) is 4. The number of pyridine rings is 1. The quantitative estimate of drug-likeness (QED) is 0.259. The van der Waals surface area contributed by atoms with Gasteiger partial charge in [-0.2, -0.15) is 5.10 Å². The lowest BCUT2D eigenvalue weighted by molar-refractivity contribution is 0.262. The van der Waals surface area contributed by atoms with Gasteiger partial charge in [-0.1, -0.05) is 12.1 Å². The monoisotopic (exact) mass is 575 g/mol. The van der Waals surface area contributed by atoms with E-state index in [0.29, 0.717) is 22.9 Å². The zero-order valence-electron chi connectivity index (χ0n) is 23.4. The molecular formula is C29H33N7O4S. The molecule has 3 heterocycles. The number of ether oxygens (including phenoxy) is 1. The molecule has 1 aliphatic rings. The molecule has 1 aliphatic heterocycles. The second-order valence-electron chi connectivity index (χ2n) is 10.4. The van der Waals surface area contributed by atoms with Crippen LogP contribution in [-0.2, 0) is 23.0 Å². The standard InChI is InChI=1S/C29H33N7O4S/c1-19(2)36-18-26(28(33-36)21-5-6-22-17-35(3)14-12-20(22)15-21)32-29(37)31-23-7-9-24(10-8-23)40-25-11-13-30-27(16-25)34-41(4,38)39/h5-11,13,15-16,18-19H,12,14,17H2,1-4H3,(H,30,34)(H2,31,32,37). The lowest BCUT2D eigenvalue weighted by atomic mass is 9.96. The molecule has 5 rings (SSSR count). The van der Waals surface area contributed by atoms with Gasteiger partial charge in [0.25, 0.3) is 0 Å². The Morgan fingerprint density at radius 1 is 1.00 bits per heavy atom. The maximum absolute atomic E-state index is 13.0. The molecule has 11 nitrogen and oxygen atoms in total. The zero-order valence-corrected chi connectivity index (χ0v) is 24.2. The maximum Gasteiger partial charge on any atom is 0.323 e. The number of sulfonamides is 1. The van der Waals surface area contributed by atoms with E-state index in [-0.39, 0.29) is 11.9 Å². The van der Waals surface area contributed by atoms with Gasteiger partial charge in [-0.05, 0) is 74.8 Å². The molecule has 0 unspecified atom stereocenters. The van der Waals surface area contributed by atoms with E-state index in [9.17, 15) is 13.2 Å². The van der Waals surface area contributed by atoms with Crippen molar-refractivity contribution in [3.8, 4) is 22.8 Å². The van der Waals surface area contributed by atoms with Crippen LogP contribution >= 0.6 is 0 Å². The van der Waals surface area contributed by atoms with E-state index in [4.69, 9.17) is 9.84 Å². The normalized spacial score (nSPS) is 13.5. The third-order valence-corrected chi connectivity index (χ3v) is 7.14. The lowest BCUT2D eigenvalue weighted by Gasteiger charge is -2.25. The van der Waals surface area contributed by atoms with Crippen LogP contribution in [0.1, 0.15) is 31.0 Å². The Labute approximate surface area is 239 Å². The Bertz CT molecular complexity index is 1670. The van der Waals surface area contributed by atoms with Gasteiger partial charge in [0.2, 0.25) is 10.0 Å². The van der Waals surface area contributed by atoms with Crippen LogP contribution in [0.2, 0.25) is 0 Å². The number of rotatable bonds is 8. The van der Waals surface area contributed by atoms with E-state index in [2.05, 4.69) is 50.5 Å². The van der Waals surface area contributed by atoms with Crippen LogP contribution in [0.4, 0.5) is 22.0 Å². The first-order valence-electron chi connectivity index (χ1n) is 13.2. The smallest absolute Gasteiger partial charge is 0.323 e. The summed E-state index contributed by atoms with van der Waals surface area (Å²) in [7, 11) is -1.33. The number of benzene rings is 2. The number of aromatic nitrogens is 3. The first kappa shape index (κ1) is 28.1. The van der Waals surface area contributed by atoms with Crippen molar-refractivity contribution in [2.75, 3.05) is 35.2 Å². The van der Waals surface area contributed by atoms with Crippen LogP contribution in [-0.4, -0.2) is 54.0 Å². The van der Waals surface area contributed by atoms with Gasteiger partial charge in [0, 0.05) is 48.8 Å². The Hall–Kier alpha value is -4.42. The molecule has 2 aromatic carbocycles. The number of carbonyl (C=O) groups is 1. The van der Waals surface area contributed by atoms with Crippen LogP contribution in [0.3, 0.4) is 0 Å². The highest BCUT2D eigenvalue weighted by atomic mass is 32.2. The summed E-state index contributed by atoms with van der Waals surface area (Å²) < 4.78 is 32.9. The van der Waals surface area contributed by atoms with Gasteiger partial charge < -0.3 is 20.3 Å². The fourth-order valence-electron chi connectivity index (χ4n) is 4.55. The first-order valence-corrected chi connectivity index (χ1v) is 15.1. The topological polar surface area (TPSA) is 130 Å². The predicted molar refractivity (Wildman–Crippen MR) is 160 cm³/mol. The van der Waals surface area contributed by atoms with Gasteiger partial charge in [-0.15, -0.1) is 0 Å². The molecule has 0 saturated carbocycles. The first-order chi connectivity index (χ1) is 19.5. The summed E-state index contributed by atoms with van der Waals surface area (Å²) >= 11 is 0. The maximum atomic E-state index is 13.0. The van der Waals surface area contributed by atoms with Gasteiger partial charge in [0.1, 0.15) is 23.0 Å². The number of urea groups is 1. The van der Waals surface area contributed by atoms with Crippen molar-refractivity contribution in [2.45, 2.75) is 32.9 Å². The number of carbonyl (C=O) groups excluding carboxylic acids is 1. The second kappa shape index (κ2) is 11.6. The summed E-state index contributed by atoms with van der Waals surface area (Å²) in [5.74, 6) is 1.07. The number of anilines is 3. The van der Waals surface area contributed by atoms with Crippen LogP contribution in [0, 0.1) is 0 Å². The van der Waals surface area contributed by atoms with Gasteiger partial charge in [-0.25, -0.2) is 18.2 Å². The van der Waals surface area contributed by atoms with Gasteiger partial charge in [0.15, 0.2) is 0 Å². The SMILES string of the molecule is CC(C)n1cc(NC(=O)Nc2ccc(Oc3ccnc(NS(C)(=O)=O)c3)cc2)c(-c2ccc3c(c2)CCN(C)C3)n1. The fourth-order valence-corrected chi connectivity index (χ4v) is 5.04. The Kier molecular flexibility index (Phi) is 7.95. The predicted octanol–water partition coefficient (Wildman–Crippen LogP) is 5.32. The molecule has 0 aliphatic carbocycles. The van der Waals surface area contributed by atoms with E-state index in [0.717, 1.165) is 37.0 Å². The van der Waals surface area contributed by atoms with Crippen LogP contribution in [0.25, 0.3) is 11.3 Å². The van der Waals surface area contributed by atoms with Crippen LogP contribution < -0.4 is 20.1 Å². The number of nitrogens with one attached hydrogen (secondary N) is 3. The summed E-state index contributed by atoms with van der Waals surface area (Å²) in [6.45, 7) is 6.03. The molecule has 214 valence electrons. The Morgan fingerprint density at radius 3 is 2.51 bits per heavy atom. The third kappa shape index (κ3) is 7.21. The summed E-state index contributed by atoms with van der Waals surface area (Å²) in [5, 5.41) is 10.6. The molecule has 0 saturated heterocycles. The van der Waals surface area contributed by atoms with Crippen molar-refractivity contribution in [2.24, 2.45) is 0 Å². The minimum absolute atomic E-state index is 0.129. The summed E-state index contributed by atoms with van der Waals surface area (Å²) in [6, 6.07) is 16.1. The van der Waals surface area contributed by atoms with Crippen molar-refractivity contribution in [1.29, 1.82) is 0 Å². The zero-order chi connectivity index (χ0) is 29.1. The Balaban J connectivity index is 1.27. The minimum Gasteiger partial charge on any atom is -0.457 e. The van der Waals surface area contributed by atoms with Crippen LogP contribution in [0.15, 0.2) is 67.0 Å². The van der Waals surface area contributed by atoms with E-state index in [1.165, 1.54) is 23.4 Å². The minimum atomic E-state index is -3.46. The van der Waals surface area contributed by atoms with Gasteiger partial charge in [0.05, 0.1) is 11.9 Å². The summed E-state index contributed by atoms with van der Waals surface area (Å²) in [5.41, 5.74) is 5.52. The van der Waals surface area contributed by atoms with Crippen molar-refractivity contribution in [3.63, 3.8) is 0 Å². The van der Waals surface area contributed by atoms with E-state index in [1.54, 1.807) is 30.3 Å². The molecule has 2 amide bonds. The molecular weight excluding hydrogens is 542 g/mol. The molecule has 0 spiro atoms. The average molecular weight is 576 g/mol. The van der Waals surface area contributed by atoms with E-state index in [1.807, 2.05) is 24.7 Å². The third-order valence-electron chi connectivity index (χ3n) is 6.56. The molecule has 0 radical (unpaired) electrons. The van der Waals surface area contributed by atoms with Crippen molar-refractivity contribution in [3.05, 3.63) is 78.1 Å². The Morgan fingerprint density at radius 2 is 1.78 bits per heavy atom. The molecule has 0 bridgehead atoms. The molecule has 0 fully saturated rings. The lowest BCUT2D eigenvalue weighted by Crippen LogP contribution is -2.26. The molecule has 4 aromatic rings. The molecule has 3 N–H and O–H groups in total. The van der Waals surface area contributed by atoms with E-state index < -0.39 is 16.1 Å². The molecule has 0 atom stereocenters. The van der Waals surface area contributed by atoms with Crippen LogP contribution in [0.5, 0.6) is 11.5 Å². The highest BCUT2D eigenvalue weighted by molar-refractivity contribution is 7.92. The number of fused-ring (bicyclic) bond motifs is 1. The second-order valence-corrected chi connectivity index (χ2v) is 12.1. The average Bonchev–Trinajstić information content (AvgIpc) is 3.33. The number of hydrogen-bond donors (Lipinski definition) is 3. The number of likely N-dealkylation sites (N-methyl/N-ethyl adjacent to an activating group) is 1. The van der Waals surface area contributed by atoms with E-state index >= 15 is 0 Å². The number of hydrogen-bond acceptors (Lipinski definition) is 7. The van der Waals surface area contributed by atoms with Crippen molar-refractivity contribution < 1.29 is 17.9 Å².